The fraction of sp³-hybridized carbons (Fsp3) is 0.462. The van der Waals surface area contributed by atoms with Crippen LogP contribution >= 0.6 is 0 Å². The Hall–Kier alpha value is -2.18. The molecule has 1 aliphatic heterocycles. The first kappa shape index (κ1) is 14.2. The van der Waals surface area contributed by atoms with Crippen LogP contribution in [-0.2, 0) is 4.74 Å². The summed E-state index contributed by atoms with van der Waals surface area (Å²) >= 11 is 0. The molecule has 108 valence electrons. The van der Waals surface area contributed by atoms with Gasteiger partial charge in [0.15, 0.2) is 0 Å². The molecule has 0 radical (unpaired) electrons. The van der Waals surface area contributed by atoms with Crippen LogP contribution in [0.25, 0.3) is 0 Å². The van der Waals surface area contributed by atoms with E-state index < -0.39 is 12.0 Å². The first-order valence-electron chi connectivity index (χ1n) is 6.39. The fourth-order valence-corrected chi connectivity index (χ4v) is 2.11. The minimum absolute atomic E-state index is 0.187. The number of carbonyl (C=O) groups is 2. The van der Waals surface area contributed by atoms with E-state index >= 15 is 0 Å². The quantitative estimate of drug-likeness (QED) is 0.826. The zero-order valence-electron chi connectivity index (χ0n) is 11.1. The number of likely N-dealkylation sites (tertiary alicyclic amines) is 1. The van der Waals surface area contributed by atoms with Crippen LogP contribution in [0.3, 0.4) is 0 Å². The highest BCUT2D eigenvalue weighted by Gasteiger charge is 2.25. The summed E-state index contributed by atoms with van der Waals surface area (Å²) in [4.78, 5) is 28.3. The van der Waals surface area contributed by atoms with Crippen LogP contribution in [0.15, 0.2) is 18.3 Å². The van der Waals surface area contributed by atoms with Gasteiger partial charge >= 0.3 is 6.09 Å². The van der Waals surface area contributed by atoms with Gasteiger partial charge in [-0.1, -0.05) is 0 Å². The average Bonchev–Trinajstić information content (AvgIpc) is 2.47. The summed E-state index contributed by atoms with van der Waals surface area (Å²) in [5.74, 6) is -0.904. The van der Waals surface area contributed by atoms with E-state index in [0.29, 0.717) is 25.9 Å². The van der Waals surface area contributed by atoms with Crippen molar-refractivity contribution in [2.45, 2.75) is 18.9 Å². The van der Waals surface area contributed by atoms with Crippen LogP contribution in [0, 0.1) is 5.95 Å². The molecule has 0 unspecified atom stereocenters. The second-order valence-corrected chi connectivity index (χ2v) is 4.51. The van der Waals surface area contributed by atoms with E-state index in [-0.39, 0.29) is 17.6 Å². The van der Waals surface area contributed by atoms with Crippen LogP contribution in [0.2, 0.25) is 0 Å². The van der Waals surface area contributed by atoms with Gasteiger partial charge in [-0.15, -0.1) is 0 Å². The molecule has 1 N–H and O–H groups in total. The van der Waals surface area contributed by atoms with Crippen LogP contribution in [0.1, 0.15) is 23.2 Å². The monoisotopic (exact) mass is 281 g/mol. The van der Waals surface area contributed by atoms with Gasteiger partial charge in [0.05, 0.1) is 0 Å². The summed E-state index contributed by atoms with van der Waals surface area (Å²) in [5.41, 5.74) is 0.281. The van der Waals surface area contributed by atoms with Crippen LogP contribution in [-0.4, -0.2) is 48.1 Å². The van der Waals surface area contributed by atoms with E-state index in [9.17, 15) is 14.0 Å². The Bertz CT molecular complexity index is 501. The Kier molecular flexibility index (Phi) is 4.49. The SMILES string of the molecule is CNC(=O)OC1CCN(C(=O)c2ccnc(F)c2)CC1. The lowest BCUT2D eigenvalue weighted by molar-refractivity contribution is 0.0430. The molecule has 2 amide bonds. The van der Waals surface area contributed by atoms with Crippen molar-refractivity contribution < 1.29 is 18.7 Å². The number of rotatable bonds is 2. The molecular weight excluding hydrogens is 265 g/mol. The first-order valence-corrected chi connectivity index (χ1v) is 6.39. The Labute approximate surface area is 115 Å². The van der Waals surface area contributed by atoms with Gasteiger partial charge in [0.25, 0.3) is 5.91 Å². The summed E-state index contributed by atoms with van der Waals surface area (Å²) in [5, 5.41) is 2.39. The number of amides is 2. The first-order chi connectivity index (χ1) is 9.60. The van der Waals surface area contributed by atoms with E-state index in [1.165, 1.54) is 19.3 Å². The molecule has 2 heterocycles. The number of halogens is 1. The zero-order valence-corrected chi connectivity index (χ0v) is 11.1. The van der Waals surface area contributed by atoms with Gasteiger partial charge < -0.3 is 15.0 Å². The molecule has 6 nitrogen and oxygen atoms in total. The Morgan fingerprint density at radius 1 is 1.45 bits per heavy atom. The number of hydrogen-bond donors (Lipinski definition) is 1. The van der Waals surface area contributed by atoms with Crippen molar-refractivity contribution >= 4 is 12.0 Å². The third kappa shape index (κ3) is 3.43. The Balaban J connectivity index is 1.90. The van der Waals surface area contributed by atoms with Crippen LogP contribution < -0.4 is 5.32 Å². The smallest absolute Gasteiger partial charge is 0.407 e. The third-order valence-electron chi connectivity index (χ3n) is 3.18. The molecule has 0 aromatic carbocycles. The molecule has 1 aliphatic rings. The third-order valence-corrected chi connectivity index (χ3v) is 3.18. The average molecular weight is 281 g/mol. The molecule has 1 aromatic heterocycles. The topological polar surface area (TPSA) is 71.5 Å². The van der Waals surface area contributed by atoms with E-state index in [4.69, 9.17) is 4.74 Å². The molecule has 0 spiro atoms. The lowest BCUT2D eigenvalue weighted by Gasteiger charge is -2.31. The lowest BCUT2D eigenvalue weighted by Crippen LogP contribution is -2.42. The van der Waals surface area contributed by atoms with Crippen molar-refractivity contribution in [2.24, 2.45) is 0 Å². The second kappa shape index (κ2) is 6.31. The molecule has 1 aromatic rings. The van der Waals surface area contributed by atoms with Crippen molar-refractivity contribution in [3.8, 4) is 0 Å². The summed E-state index contributed by atoms with van der Waals surface area (Å²) in [6.07, 6.45) is 1.77. The number of pyridine rings is 1. The summed E-state index contributed by atoms with van der Waals surface area (Å²) in [6.45, 7) is 0.953. The molecule has 1 fully saturated rings. The van der Waals surface area contributed by atoms with E-state index in [1.54, 1.807) is 4.90 Å². The number of carbonyl (C=O) groups excluding carboxylic acids is 2. The normalized spacial score (nSPS) is 15.8. The van der Waals surface area contributed by atoms with Crippen molar-refractivity contribution in [2.75, 3.05) is 20.1 Å². The van der Waals surface area contributed by atoms with Gasteiger partial charge in [-0.2, -0.15) is 4.39 Å². The standard InChI is InChI=1S/C13H16FN3O3/c1-15-13(19)20-10-3-6-17(7-4-10)12(18)9-2-5-16-11(14)8-9/h2,5,8,10H,3-4,6-7H2,1H3,(H,15,19). The molecule has 0 saturated carbocycles. The number of aromatic nitrogens is 1. The highest BCUT2D eigenvalue weighted by Crippen LogP contribution is 2.16. The van der Waals surface area contributed by atoms with Gasteiger partial charge in [0.1, 0.15) is 6.10 Å². The predicted molar refractivity (Wildman–Crippen MR) is 68.7 cm³/mol. The second-order valence-electron chi connectivity index (χ2n) is 4.51. The summed E-state index contributed by atoms with van der Waals surface area (Å²) in [7, 11) is 1.50. The van der Waals surface area contributed by atoms with Crippen molar-refractivity contribution in [1.29, 1.82) is 0 Å². The maximum absolute atomic E-state index is 13.0. The molecule has 0 bridgehead atoms. The predicted octanol–water partition coefficient (Wildman–Crippen LogP) is 1.18. The molecular formula is C13H16FN3O3. The summed E-state index contributed by atoms with van der Waals surface area (Å²) < 4.78 is 18.1. The highest BCUT2D eigenvalue weighted by atomic mass is 19.1. The van der Waals surface area contributed by atoms with Gasteiger partial charge in [-0.25, -0.2) is 9.78 Å². The van der Waals surface area contributed by atoms with E-state index in [0.717, 1.165) is 6.07 Å². The number of nitrogens with one attached hydrogen (secondary N) is 1. The van der Waals surface area contributed by atoms with Gasteiger partial charge in [0.2, 0.25) is 5.95 Å². The molecule has 0 aliphatic carbocycles. The minimum atomic E-state index is -0.673. The van der Waals surface area contributed by atoms with E-state index in [1.807, 2.05) is 0 Å². The van der Waals surface area contributed by atoms with E-state index in [2.05, 4.69) is 10.3 Å². The Morgan fingerprint density at radius 2 is 2.15 bits per heavy atom. The Morgan fingerprint density at radius 3 is 2.75 bits per heavy atom. The van der Waals surface area contributed by atoms with Gasteiger partial charge in [-0.05, 0) is 6.07 Å². The van der Waals surface area contributed by atoms with Gasteiger partial charge in [-0.3, -0.25) is 4.79 Å². The number of alkyl carbamates (subject to hydrolysis) is 1. The molecule has 2 rings (SSSR count). The van der Waals surface area contributed by atoms with Crippen LogP contribution in [0.4, 0.5) is 9.18 Å². The molecule has 0 atom stereocenters. The van der Waals surface area contributed by atoms with Gasteiger partial charge in [0, 0.05) is 50.8 Å². The maximum Gasteiger partial charge on any atom is 0.407 e. The molecule has 7 heteroatoms. The summed E-state index contributed by atoms with van der Waals surface area (Å²) in [6, 6.07) is 2.61. The zero-order chi connectivity index (χ0) is 14.5. The lowest BCUT2D eigenvalue weighted by atomic mass is 10.1. The fourth-order valence-electron chi connectivity index (χ4n) is 2.11. The van der Waals surface area contributed by atoms with Crippen molar-refractivity contribution in [3.63, 3.8) is 0 Å². The molecule has 20 heavy (non-hydrogen) atoms. The highest BCUT2D eigenvalue weighted by molar-refractivity contribution is 5.94. The van der Waals surface area contributed by atoms with Crippen molar-refractivity contribution in [1.82, 2.24) is 15.2 Å². The minimum Gasteiger partial charge on any atom is -0.446 e. The number of piperidine rings is 1. The number of nitrogens with zero attached hydrogens (tertiary/aromatic N) is 2. The number of ether oxygens (including phenoxy) is 1. The largest absolute Gasteiger partial charge is 0.446 e. The van der Waals surface area contributed by atoms with Crippen molar-refractivity contribution in [3.05, 3.63) is 29.8 Å². The maximum atomic E-state index is 13.0. The number of hydrogen-bond acceptors (Lipinski definition) is 4. The van der Waals surface area contributed by atoms with Crippen LogP contribution in [0.5, 0.6) is 0 Å². The molecule has 1 saturated heterocycles.